The molecule has 0 bridgehead atoms. The highest BCUT2D eigenvalue weighted by molar-refractivity contribution is 6.15. The van der Waals surface area contributed by atoms with E-state index in [0.29, 0.717) is 11.1 Å². The number of rotatable bonds is 4. The van der Waals surface area contributed by atoms with E-state index < -0.39 is 4.92 Å². The first-order chi connectivity index (χ1) is 11.1. The molecule has 3 rings (SSSR count). The van der Waals surface area contributed by atoms with Crippen molar-refractivity contribution in [1.82, 2.24) is 4.98 Å². The van der Waals surface area contributed by atoms with Crippen molar-refractivity contribution < 1.29 is 9.72 Å². The summed E-state index contributed by atoms with van der Waals surface area (Å²) in [6.07, 6.45) is 2.87. The molecule has 0 fully saturated rings. The lowest BCUT2D eigenvalue weighted by atomic mass is 10.0. The summed E-state index contributed by atoms with van der Waals surface area (Å²) in [5.41, 5.74) is 2.65. The average Bonchev–Trinajstić information content (AvgIpc) is 2.88. The van der Waals surface area contributed by atoms with Crippen molar-refractivity contribution in [3.05, 3.63) is 81.5 Å². The maximum atomic E-state index is 12.5. The number of para-hydroxylation sites is 2. The van der Waals surface area contributed by atoms with Gasteiger partial charge in [-0.25, -0.2) is 0 Å². The number of H-pyrrole nitrogens is 1. The minimum absolute atomic E-state index is 0.0211. The zero-order chi connectivity index (χ0) is 16.4. The van der Waals surface area contributed by atoms with Crippen LogP contribution in [0, 0.1) is 17.0 Å². The van der Waals surface area contributed by atoms with E-state index in [4.69, 9.17) is 0 Å². The number of aromatic amines is 1. The summed E-state index contributed by atoms with van der Waals surface area (Å²) >= 11 is 0. The fourth-order valence-electron chi connectivity index (χ4n) is 2.64. The van der Waals surface area contributed by atoms with Gasteiger partial charge >= 0.3 is 0 Å². The molecule has 2 aromatic carbocycles. The van der Waals surface area contributed by atoms with Crippen molar-refractivity contribution >= 4 is 28.4 Å². The van der Waals surface area contributed by atoms with Crippen molar-refractivity contribution in [3.8, 4) is 0 Å². The Hall–Kier alpha value is -3.21. The smallest absolute Gasteiger partial charge is 0.276 e. The number of benzene rings is 2. The molecule has 5 nitrogen and oxygen atoms in total. The fraction of sp³-hybridized carbons (Fsp3) is 0.0556. The highest BCUT2D eigenvalue weighted by Gasteiger charge is 2.14. The summed E-state index contributed by atoms with van der Waals surface area (Å²) in [5, 5.41) is 11.9. The highest BCUT2D eigenvalue weighted by atomic mass is 16.6. The molecule has 1 N–H and O–H groups in total. The van der Waals surface area contributed by atoms with Gasteiger partial charge in [-0.2, -0.15) is 0 Å². The molecule has 0 radical (unpaired) electrons. The number of ketones is 1. The van der Waals surface area contributed by atoms with Gasteiger partial charge in [-0.1, -0.05) is 30.3 Å². The molecule has 0 spiro atoms. The molecule has 5 heteroatoms. The molecular formula is C18H14N2O3. The van der Waals surface area contributed by atoms with Crippen LogP contribution in [0.15, 0.2) is 54.6 Å². The van der Waals surface area contributed by atoms with Gasteiger partial charge in [0.1, 0.15) is 0 Å². The maximum absolute atomic E-state index is 12.5. The van der Waals surface area contributed by atoms with Crippen LogP contribution in [0.25, 0.3) is 17.0 Å². The summed E-state index contributed by atoms with van der Waals surface area (Å²) in [6.45, 7) is 1.84. The van der Waals surface area contributed by atoms with Crippen LogP contribution < -0.4 is 0 Å². The average molecular weight is 306 g/mol. The molecular weight excluding hydrogens is 292 g/mol. The van der Waals surface area contributed by atoms with Crippen LogP contribution in [0.5, 0.6) is 0 Å². The molecule has 0 aliphatic heterocycles. The predicted octanol–water partition coefficient (Wildman–Crippen LogP) is 4.28. The molecule has 0 unspecified atom stereocenters. The number of aryl methyl sites for hydroxylation is 1. The molecule has 0 aliphatic rings. The molecule has 0 atom stereocenters. The first-order valence-electron chi connectivity index (χ1n) is 7.11. The number of nitrogens with one attached hydrogen (secondary N) is 1. The van der Waals surface area contributed by atoms with Gasteiger partial charge in [0.15, 0.2) is 5.78 Å². The Morgan fingerprint density at radius 2 is 1.83 bits per heavy atom. The van der Waals surface area contributed by atoms with Crippen LogP contribution >= 0.6 is 0 Å². The quantitative estimate of drug-likeness (QED) is 0.338. The number of hydrogen-bond donors (Lipinski definition) is 1. The van der Waals surface area contributed by atoms with Crippen LogP contribution in [-0.4, -0.2) is 15.7 Å². The van der Waals surface area contributed by atoms with Crippen LogP contribution in [0.2, 0.25) is 0 Å². The molecule has 3 aromatic rings. The van der Waals surface area contributed by atoms with Crippen LogP contribution in [0.1, 0.15) is 21.6 Å². The van der Waals surface area contributed by atoms with E-state index in [0.717, 1.165) is 16.6 Å². The molecule has 23 heavy (non-hydrogen) atoms. The standard InChI is InChI=1S/C18H14N2O3/c1-12-18(14-7-3-4-8-15(14)19-12)17(21)11-10-13-6-2-5-9-16(13)20(22)23/h2-11,19H,1H3. The van der Waals surface area contributed by atoms with E-state index in [1.54, 1.807) is 18.2 Å². The molecule has 0 saturated heterocycles. The minimum atomic E-state index is -0.457. The van der Waals surface area contributed by atoms with Gasteiger partial charge in [-0.15, -0.1) is 0 Å². The minimum Gasteiger partial charge on any atom is -0.358 e. The number of nitrogens with zero attached hydrogens (tertiary/aromatic N) is 1. The van der Waals surface area contributed by atoms with Gasteiger partial charge < -0.3 is 4.98 Å². The number of carbonyl (C=O) groups excluding carboxylic acids is 1. The monoisotopic (exact) mass is 306 g/mol. The number of nitro benzene ring substituents is 1. The normalized spacial score (nSPS) is 11.2. The van der Waals surface area contributed by atoms with E-state index in [-0.39, 0.29) is 11.5 Å². The second-order valence-corrected chi connectivity index (χ2v) is 5.18. The molecule has 114 valence electrons. The Morgan fingerprint density at radius 1 is 1.13 bits per heavy atom. The van der Waals surface area contributed by atoms with Crippen LogP contribution in [0.4, 0.5) is 5.69 Å². The van der Waals surface area contributed by atoms with E-state index in [2.05, 4.69) is 4.98 Å². The van der Waals surface area contributed by atoms with Gasteiger partial charge in [0.25, 0.3) is 5.69 Å². The maximum Gasteiger partial charge on any atom is 0.276 e. The SMILES string of the molecule is Cc1[nH]c2ccccc2c1C(=O)C=Cc1ccccc1[N+](=O)[O-]. The number of nitro groups is 1. The Bertz CT molecular complexity index is 938. The molecule has 0 saturated carbocycles. The lowest BCUT2D eigenvalue weighted by Crippen LogP contribution is -1.96. The summed E-state index contributed by atoms with van der Waals surface area (Å²) in [6, 6.07) is 13.9. The zero-order valence-electron chi connectivity index (χ0n) is 12.4. The highest BCUT2D eigenvalue weighted by Crippen LogP contribution is 2.24. The van der Waals surface area contributed by atoms with Crippen LogP contribution in [0.3, 0.4) is 0 Å². The second-order valence-electron chi connectivity index (χ2n) is 5.18. The van der Waals surface area contributed by atoms with Crippen molar-refractivity contribution in [1.29, 1.82) is 0 Å². The third-order valence-electron chi connectivity index (χ3n) is 3.69. The topological polar surface area (TPSA) is 76.0 Å². The summed E-state index contributed by atoms with van der Waals surface area (Å²) in [5.74, 6) is -0.182. The number of fused-ring (bicyclic) bond motifs is 1. The lowest BCUT2D eigenvalue weighted by molar-refractivity contribution is -0.385. The molecule has 0 aliphatic carbocycles. The first kappa shape index (κ1) is 14.7. The summed E-state index contributed by atoms with van der Waals surface area (Å²) < 4.78 is 0. The molecule has 1 heterocycles. The number of hydrogen-bond acceptors (Lipinski definition) is 3. The Balaban J connectivity index is 1.98. The predicted molar refractivity (Wildman–Crippen MR) is 89.5 cm³/mol. The largest absolute Gasteiger partial charge is 0.358 e. The number of aromatic nitrogens is 1. The van der Waals surface area contributed by atoms with E-state index in [1.165, 1.54) is 18.2 Å². The fourth-order valence-corrected chi connectivity index (χ4v) is 2.64. The van der Waals surface area contributed by atoms with Gasteiger partial charge in [-0.05, 0) is 31.2 Å². The Morgan fingerprint density at radius 3 is 2.61 bits per heavy atom. The van der Waals surface area contributed by atoms with Crippen LogP contribution in [-0.2, 0) is 0 Å². The van der Waals surface area contributed by atoms with Crippen molar-refractivity contribution in [2.24, 2.45) is 0 Å². The third-order valence-corrected chi connectivity index (χ3v) is 3.69. The molecule has 1 aromatic heterocycles. The van der Waals surface area contributed by atoms with Gasteiger partial charge in [0.05, 0.1) is 16.1 Å². The third kappa shape index (κ3) is 2.76. The van der Waals surface area contributed by atoms with Gasteiger partial charge in [0, 0.05) is 22.7 Å². The van der Waals surface area contributed by atoms with Crippen molar-refractivity contribution in [3.63, 3.8) is 0 Å². The van der Waals surface area contributed by atoms with E-state index in [1.807, 2.05) is 31.2 Å². The Labute approximate surface area is 132 Å². The second kappa shape index (κ2) is 5.88. The first-order valence-corrected chi connectivity index (χ1v) is 7.11. The number of carbonyl (C=O) groups is 1. The van der Waals surface area contributed by atoms with Crippen molar-refractivity contribution in [2.45, 2.75) is 6.92 Å². The van der Waals surface area contributed by atoms with E-state index in [9.17, 15) is 14.9 Å². The molecule has 0 amide bonds. The van der Waals surface area contributed by atoms with Gasteiger partial charge in [0.2, 0.25) is 0 Å². The lowest BCUT2D eigenvalue weighted by Gasteiger charge is -1.98. The van der Waals surface area contributed by atoms with E-state index >= 15 is 0 Å². The van der Waals surface area contributed by atoms with Gasteiger partial charge in [-0.3, -0.25) is 14.9 Å². The number of allylic oxidation sites excluding steroid dienone is 1. The Kier molecular flexibility index (Phi) is 3.76. The zero-order valence-corrected chi connectivity index (χ0v) is 12.4. The van der Waals surface area contributed by atoms with Crippen molar-refractivity contribution in [2.75, 3.05) is 0 Å². The summed E-state index contributed by atoms with van der Waals surface area (Å²) in [4.78, 5) is 26.2. The summed E-state index contributed by atoms with van der Waals surface area (Å²) in [7, 11) is 0.